The summed E-state index contributed by atoms with van der Waals surface area (Å²) in [6.07, 6.45) is 1.79. The fourth-order valence-corrected chi connectivity index (χ4v) is 3.72. The number of hydrogen-bond donors (Lipinski definition) is 2. The average molecular weight is 521 g/mol. The molecule has 6 nitrogen and oxygen atoms in total. The number of aromatic nitrogens is 2. The first-order valence-electron chi connectivity index (χ1n) is 9.35. The van der Waals surface area contributed by atoms with Gasteiger partial charge in [0.15, 0.2) is 0 Å². The Bertz CT molecular complexity index is 1300. The predicted octanol–water partition coefficient (Wildman–Crippen LogP) is 5.51. The van der Waals surface area contributed by atoms with Crippen molar-refractivity contribution in [1.82, 2.24) is 9.97 Å². The Hall–Kier alpha value is -3.64. The summed E-state index contributed by atoms with van der Waals surface area (Å²) in [4.78, 5) is 18.6. The molecule has 1 aromatic heterocycles. The molecule has 4 aromatic rings. The first-order valence-corrected chi connectivity index (χ1v) is 10.4. The number of H-pyrrole nitrogens is 1. The van der Waals surface area contributed by atoms with Crippen LogP contribution in [0, 0.1) is 14.9 Å². The largest absolute Gasteiger partial charge is 0.488 e. The standard InChI is InChI=1S/C24H16IN3O3/c25-19-12-16(11-18(13-26)23-27-20-3-1-2-4-21(20)28-23)7-10-22(19)31-14-15-5-8-17(9-6-15)24(29)30/h1-12H,14H2,(H,27,28)(H,29,30). The van der Waals surface area contributed by atoms with E-state index in [1.165, 1.54) is 0 Å². The summed E-state index contributed by atoms with van der Waals surface area (Å²) in [7, 11) is 0. The van der Waals surface area contributed by atoms with Crippen LogP contribution >= 0.6 is 22.6 Å². The SMILES string of the molecule is N#CC(=Cc1ccc(OCc2ccc(C(=O)O)cc2)c(I)c1)c1nc2ccccc2[nH]1. The fourth-order valence-electron chi connectivity index (χ4n) is 3.03. The lowest BCUT2D eigenvalue weighted by Crippen LogP contribution is -1.99. The van der Waals surface area contributed by atoms with Crippen LogP contribution < -0.4 is 4.74 Å². The van der Waals surface area contributed by atoms with Gasteiger partial charge in [0.25, 0.3) is 0 Å². The van der Waals surface area contributed by atoms with E-state index in [0.717, 1.165) is 25.7 Å². The van der Waals surface area contributed by atoms with Crippen molar-refractivity contribution in [2.24, 2.45) is 0 Å². The third-order valence-corrected chi connectivity index (χ3v) is 5.47. The molecule has 0 fully saturated rings. The monoisotopic (exact) mass is 521 g/mol. The Labute approximate surface area is 192 Å². The Morgan fingerprint density at radius 2 is 1.94 bits per heavy atom. The maximum atomic E-state index is 10.9. The van der Waals surface area contributed by atoms with Crippen molar-refractivity contribution in [3.8, 4) is 11.8 Å². The van der Waals surface area contributed by atoms with Gasteiger partial charge in [-0.3, -0.25) is 0 Å². The first kappa shape index (κ1) is 20.6. The number of nitriles is 1. The van der Waals surface area contributed by atoms with Crippen LogP contribution in [0.5, 0.6) is 5.75 Å². The number of fused-ring (bicyclic) bond motifs is 1. The number of para-hydroxylation sites is 2. The summed E-state index contributed by atoms with van der Waals surface area (Å²) in [5, 5.41) is 18.6. The number of nitrogens with zero attached hydrogens (tertiary/aromatic N) is 2. The highest BCUT2D eigenvalue weighted by Crippen LogP contribution is 2.26. The maximum absolute atomic E-state index is 10.9. The molecule has 7 heteroatoms. The zero-order valence-corrected chi connectivity index (χ0v) is 18.3. The van der Waals surface area contributed by atoms with Crippen LogP contribution in [0.1, 0.15) is 27.3 Å². The molecule has 31 heavy (non-hydrogen) atoms. The zero-order chi connectivity index (χ0) is 21.8. The number of rotatable bonds is 6. The van der Waals surface area contributed by atoms with E-state index in [-0.39, 0.29) is 5.56 Å². The normalized spacial score (nSPS) is 11.3. The quantitative estimate of drug-likeness (QED) is 0.258. The molecule has 0 amide bonds. The van der Waals surface area contributed by atoms with Gasteiger partial charge in [0, 0.05) is 0 Å². The molecule has 0 spiro atoms. The van der Waals surface area contributed by atoms with E-state index in [1.54, 1.807) is 30.3 Å². The van der Waals surface area contributed by atoms with Gasteiger partial charge in [0.2, 0.25) is 0 Å². The third kappa shape index (κ3) is 4.75. The van der Waals surface area contributed by atoms with Gasteiger partial charge < -0.3 is 14.8 Å². The second-order valence-corrected chi connectivity index (χ2v) is 7.92. The summed E-state index contributed by atoms with van der Waals surface area (Å²) >= 11 is 2.19. The van der Waals surface area contributed by atoms with E-state index in [0.29, 0.717) is 23.8 Å². The number of benzene rings is 3. The molecule has 1 heterocycles. The molecule has 4 rings (SSSR count). The highest BCUT2D eigenvalue weighted by atomic mass is 127. The van der Waals surface area contributed by atoms with Gasteiger partial charge >= 0.3 is 5.97 Å². The topological polar surface area (TPSA) is 99.0 Å². The van der Waals surface area contributed by atoms with Crippen molar-refractivity contribution in [2.75, 3.05) is 0 Å². The minimum absolute atomic E-state index is 0.243. The van der Waals surface area contributed by atoms with Crippen LogP contribution in [0.4, 0.5) is 0 Å². The molecule has 152 valence electrons. The van der Waals surface area contributed by atoms with Crippen LogP contribution in [-0.2, 0) is 6.61 Å². The van der Waals surface area contributed by atoms with E-state index in [9.17, 15) is 10.1 Å². The zero-order valence-electron chi connectivity index (χ0n) is 16.2. The van der Waals surface area contributed by atoms with Gasteiger partial charge in [-0.05, 0) is 76.2 Å². The fraction of sp³-hybridized carbons (Fsp3) is 0.0417. The molecule has 0 atom stereocenters. The van der Waals surface area contributed by atoms with Gasteiger partial charge in [-0.2, -0.15) is 5.26 Å². The lowest BCUT2D eigenvalue weighted by molar-refractivity contribution is 0.0697. The number of hydrogen-bond acceptors (Lipinski definition) is 4. The molecule has 0 aliphatic carbocycles. The van der Waals surface area contributed by atoms with E-state index in [2.05, 4.69) is 38.6 Å². The van der Waals surface area contributed by atoms with Crippen LogP contribution in [0.3, 0.4) is 0 Å². The molecule has 0 radical (unpaired) electrons. The molecule has 0 saturated heterocycles. The van der Waals surface area contributed by atoms with Crippen molar-refractivity contribution >= 4 is 51.2 Å². The number of carbonyl (C=O) groups is 1. The Balaban J connectivity index is 1.50. The van der Waals surface area contributed by atoms with Crippen LogP contribution in [0.25, 0.3) is 22.7 Å². The summed E-state index contributed by atoms with van der Waals surface area (Å²) in [6.45, 7) is 0.327. The van der Waals surface area contributed by atoms with E-state index in [4.69, 9.17) is 9.84 Å². The lowest BCUT2D eigenvalue weighted by Gasteiger charge is -2.09. The number of halogens is 1. The van der Waals surface area contributed by atoms with Gasteiger partial charge in [0.05, 0.1) is 25.7 Å². The van der Waals surface area contributed by atoms with Gasteiger partial charge in [-0.25, -0.2) is 9.78 Å². The molecular weight excluding hydrogens is 505 g/mol. The molecule has 0 aliphatic rings. The Kier molecular flexibility index (Phi) is 6.00. The van der Waals surface area contributed by atoms with Crippen molar-refractivity contribution in [2.45, 2.75) is 6.61 Å². The van der Waals surface area contributed by atoms with Gasteiger partial charge in [-0.1, -0.05) is 30.3 Å². The van der Waals surface area contributed by atoms with Crippen molar-refractivity contribution < 1.29 is 14.6 Å². The first-order chi connectivity index (χ1) is 15.0. The summed E-state index contributed by atoms with van der Waals surface area (Å²) in [6, 6.07) is 22.1. The molecule has 0 unspecified atom stereocenters. The molecule has 0 saturated carbocycles. The molecule has 0 aliphatic heterocycles. The van der Waals surface area contributed by atoms with E-state index in [1.807, 2.05) is 42.5 Å². The van der Waals surface area contributed by atoms with E-state index >= 15 is 0 Å². The van der Waals surface area contributed by atoms with Crippen LogP contribution in [0.2, 0.25) is 0 Å². The average Bonchev–Trinajstić information content (AvgIpc) is 3.21. The van der Waals surface area contributed by atoms with Crippen molar-refractivity contribution in [3.63, 3.8) is 0 Å². The number of aromatic amines is 1. The van der Waals surface area contributed by atoms with Gasteiger partial charge in [-0.15, -0.1) is 0 Å². The van der Waals surface area contributed by atoms with Crippen LogP contribution in [0.15, 0.2) is 66.7 Å². The Morgan fingerprint density at radius 1 is 1.16 bits per heavy atom. The van der Waals surface area contributed by atoms with Gasteiger partial charge in [0.1, 0.15) is 24.3 Å². The lowest BCUT2D eigenvalue weighted by atomic mass is 10.1. The predicted molar refractivity (Wildman–Crippen MR) is 126 cm³/mol. The summed E-state index contributed by atoms with van der Waals surface area (Å²) < 4.78 is 6.77. The summed E-state index contributed by atoms with van der Waals surface area (Å²) in [5.74, 6) is 0.288. The second kappa shape index (κ2) is 9.02. The van der Waals surface area contributed by atoms with Crippen molar-refractivity contribution in [1.29, 1.82) is 5.26 Å². The molecule has 0 bridgehead atoms. The van der Waals surface area contributed by atoms with Crippen molar-refractivity contribution in [3.05, 3.63) is 92.8 Å². The van der Waals surface area contributed by atoms with E-state index < -0.39 is 5.97 Å². The Morgan fingerprint density at radius 3 is 2.61 bits per heavy atom. The highest BCUT2D eigenvalue weighted by molar-refractivity contribution is 14.1. The third-order valence-electron chi connectivity index (χ3n) is 4.63. The number of nitrogens with one attached hydrogen (secondary N) is 1. The summed E-state index contributed by atoms with van der Waals surface area (Å²) in [5.41, 5.74) is 4.12. The minimum Gasteiger partial charge on any atom is -0.488 e. The maximum Gasteiger partial charge on any atom is 0.335 e. The molecule has 3 aromatic carbocycles. The molecular formula is C24H16IN3O3. The smallest absolute Gasteiger partial charge is 0.335 e. The number of carboxylic acids is 1. The number of aromatic carboxylic acids is 1. The number of allylic oxidation sites excluding steroid dienone is 1. The number of carboxylic acid groups (broad SMARTS) is 1. The number of ether oxygens (including phenoxy) is 1. The highest BCUT2D eigenvalue weighted by Gasteiger charge is 2.09. The van der Waals surface area contributed by atoms with Crippen LogP contribution in [-0.4, -0.2) is 21.0 Å². The molecule has 2 N–H and O–H groups in total. The second-order valence-electron chi connectivity index (χ2n) is 6.75. The number of imidazole rings is 1. The minimum atomic E-state index is -0.954.